The van der Waals surface area contributed by atoms with E-state index in [1.54, 1.807) is 12.1 Å². The van der Waals surface area contributed by atoms with E-state index in [1.165, 1.54) is 11.1 Å². The van der Waals surface area contributed by atoms with Gasteiger partial charge in [-0.1, -0.05) is 18.2 Å². The van der Waals surface area contributed by atoms with E-state index >= 15 is 0 Å². The fourth-order valence-electron chi connectivity index (χ4n) is 4.65. The van der Waals surface area contributed by atoms with E-state index in [9.17, 15) is 13.2 Å². The number of fused-ring (bicyclic) bond motifs is 1. The molecule has 4 rings (SSSR count). The highest BCUT2D eigenvalue weighted by atomic mass is 32.2. The molecular weight excluding hydrogens is 436 g/mol. The Morgan fingerprint density at radius 2 is 1.76 bits per heavy atom. The number of hydrogen-bond donors (Lipinski definition) is 1. The SMILES string of the molecule is Cc1ccc(C)c(OC2CCN(C(=O)CCNS(=O)(=O)c3ccc4c(c3)CCCC4)CC2)c1. The number of piperidine rings is 1. The number of aryl methyl sites for hydroxylation is 4. The quantitative estimate of drug-likeness (QED) is 0.666. The molecule has 1 amide bonds. The van der Waals surface area contributed by atoms with Crippen LogP contribution in [0, 0.1) is 13.8 Å². The molecule has 1 aliphatic carbocycles. The lowest BCUT2D eigenvalue weighted by Gasteiger charge is -2.32. The van der Waals surface area contributed by atoms with E-state index in [1.807, 2.05) is 24.8 Å². The molecule has 0 unspecified atom stereocenters. The molecule has 2 aliphatic rings. The van der Waals surface area contributed by atoms with Crippen LogP contribution in [-0.2, 0) is 27.7 Å². The van der Waals surface area contributed by atoms with Gasteiger partial charge in [0.05, 0.1) is 4.90 Å². The molecule has 0 aromatic heterocycles. The van der Waals surface area contributed by atoms with Crippen LogP contribution in [0.2, 0.25) is 0 Å². The number of nitrogens with zero attached hydrogens (tertiary/aromatic N) is 1. The first-order chi connectivity index (χ1) is 15.8. The lowest BCUT2D eigenvalue weighted by atomic mass is 9.92. The molecule has 0 atom stereocenters. The normalized spacial score (nSPS) is 17.0. The van der Waals surface area contributed by atoms with Crippen molar-refractivity contribution in [3.8, 4) is 5.75 Å². The van der Waals surface area contributed by atoms with Gasteiger partial charge in [0, 0.05) is 38.9 Å². The Balaban J connectivity index is 1.24. The number of rotatable bonds is 7. The van der Waals surface area contributed by atoms with Gasteiger partial charge in [-0.05, 0) is 80.0 Å². The minimum absolute atomic E-state index is 0.0201. The summed E-state index contributed by atoms with van der Waals surface area (Å²) in [4.78, 5) is 14.7. The Labute approximate surface area is 197 Å². The van der Waals surface area contributed by atoms with Crippen molar-refractivity contribution in [2.24, 2.45) is 0 Å². The smallest absolute Gasteiger partial charge is 0.240 e. The fraction of sp³-hybridized carbons (Fsp3) is 0.500. The van der Waals surface area contributed by atoms with Crippen LogP contribution < -0.4 is 9.46 Å². The molecule has 1 fully saturated rings. The summed E-state index contributed by atoms with van der Waals surface area (Å²) in [5.74, 6) is 0.893. The van der Waals surface area contributed by atoms with E-state index < -0.39 is 10.0 Å². The predicted molar refractivity (Wildman–Crippen MR) is 129 cm³/mol. The number of benzene rings is 2. The minimum atomic E-state index is -3.61. The molecule has 0 spiro atoms. The van der Waals surface area contributed by atoms with Gasteiger partial charge in [-0.3, -0.25) is 4.79 Å². The summed E-state index contributed by atoms with van der Waals surface area (Å²) in [5, 5.41) is 0. The first-order valence-electron chi connectivity index (χ1n) is 11.9. The topological polar surface area (TPSA) is 75.7 Å². The number of hydrogen-bond acceptors (Lipinski definition) is 4. The van der Waals surface area contributed by atoms with Gasteiger partial charge in [0.2, 0.25) is 15.9 Å². The second-order valence-corrected chi connectivity index (χ2v) is 11.0. The molecule has 1 saturated heterocycles. The highest BCUT2D eigenvalue weighted by Gasteiger charge is 2.25. The van der Waals surface area contributed by atoms with Gasteiger partial charge in [-0.2, -0.15) is 0 Å². The van der Waals surface area contributed by atoms with Crippen LogP contribution in [0.1, 0.15) is 54.4 Å². The summed E-state index contributed by atoms with van der Waals surface area (Å²) < 4.78 is 34.2. The van der Waals surface area contributed by atoms with Crippen LogP contribution in [0.4, 0.5) is 0 Å². The summed E-state index contributed by atoms with van der Waals surface area (Å²) in [6.45, 7) is 5.46. The number of carbonyl (C=O) groups excluding carboxylic acids is 1. The van der Waals surface area contributed by atoms with Crippen molar-refractivity contribution in [1.82, 2.24) is 9.62 Å². The lowest BCUT2D eigenvalue weighted by molar-refractivity contribution is -0.132. The summed E-state index contributed by atoms with van der Waals surface area (Å²) >= 11 is 0. The molecule has 0 radical (unpaired) electrons. The molecule has 2 aromatic carbocycles. The van der Waals surface area contributed by atoms with Gasteiger partial charge in [0.25, 0.3) is 0 Å². The van der Waals surface area contributed by atoms with Crippen LogP contribution in [0.5, 0.6) is 5.75 Å². The molecule has 1 N–H and O–H groups in total. The lowest BCUT2D eigenvalue weighted by Crippen LogP contribution is -2.42. The number of ether oxygens (including phenoxy) is 1. The molecule has 33 heavy (non-hydrogen) atoms. The van der Waals surface area contributed by atoms with Gasteiger partial charge in [0.15, 0.2) is 0 Å². The van der Waals surface area contributed by atoms with E-state index in [4.69, 9.17) is 4.74 Å². The number of nitrogens with one attached hydrogen (secondary N) is 1. The molecule has 0 saturated carbocycles. The van der Waals surface area contributed by atoms with Crippen LogP contribution in [0.3, 0.4) is 0 Å². The molecule has 178 valence electrons. The maximum absolute atomic E-state index is 12.7. The number of likely N-dealkylation sites (tertiary alicyclic amines) is 1. The standard InChI is InChI=1S/C26H34N2O4S/c1-19-7-8-20(2)25(17-19)32-23-12-15-28(16-13-23)26(29)11-14-27-33(30,31)24-10-9-21-5-3-4-6-22(21)18-24/h7-10,17-18,23,27H,3-6,11-16H2,1-2H3. The summed E-state index contributed by atoms with van der Waals surface area (Å²) in [6, 6.07) is 11.6. The molecule has 1 aliphatic heterocycles. The van der Waals surface area contributed by atoms with Gasteiger partial charge in [-0.25, -0.2) is 13.1 Å². The van der Waals surface area contributed by atoms with Gasteiger partial charge in [0.1, 0.15) is 11.9 Å². The second kappa shape index (κ2) is 10.3. The van der Waals surface area contributed by atoms with Crippen LogP contribution in [-0.4, -0.2) is 45.0 Å². The van der Waals surface area contributed by atoms with Crippen molar-refractivity contribution in [1.29, 1.82) is 0 Å². The maximum Gasteiger partial charge on any atom is 0.240 e. The largest absolute Gasteiger partial charge is 0.490 e. The summed E-state index contributed by atoms with van der Waals surface area (Å²) in [5.41, 5.74) is 4.66. The zero-order chi connectivity index (χ0) is 23.4. The minimum Gasteiger partial charge on any atom is -0.490 e. The third-order valence-electron chi connectivity index (χ3n) is 6.69. The molecule has 2 aromatic rings. The van der Waals surface area contributed by atoms with Gasteiger partial charge in [-0.15, -0.1) is 0 Å². The van der Waals surface area contributed by atoms with Crippen molar-refractivity contribution in [2.45, 2.75) is 69.8 Å². The van der Waals surface area contributed by atoms with E-state index in [2.05, 4.69) is 22.9 Å². The fourth-order valence-corrected chi connectivity index (χ4v) is 5.73. The molecule has 6 nitrogen and oxygen atoms in total. The second-order valence-electron chi connectivity index (χ2n) is 9.25. The highest BCUT2D eigenvalue weighted by Crippen LogP contribution is 2.25. The Hall–Kier alpha value is -2.38. The van der Waals surface area contributed by atoms with Crippen molar-refractivity contribution < 1.29 is 17.9 Å². The Morgan fingerprint density at radius 1 is 1.03 bits per heavy atom. The van der Waals surface area contributed by atoms with Crippen molar-refractivity contribution in [2.75, 3.05) is 19.6 Å². The van der Waals surface area contributed by atoms with E-state index in [0.29, 0.717) is 18.0 Å². The number of amides is 1. The zero-order valence-electron chi connectivity index (χ0n) is 19.6. The summed E-state index contributed by atoms with van der Waals surface area (Å²) in [7, 11) is -3.61. The van der Waals surface area contributed by atoms with Crippen LogP contribution in [0.15, 0.2) is 41.3 Å². The van der Waals surface area contributed by atoms with Gasteiger partial charge >= 0.3 is 0 Å². The Kier molecular flexibility index (Phi) is 7.39. The van der Waals surface area contributed by atoms with Crippen molar-refractivity contribution in [3.63, 3.8) is 0 Å². The van der Waals surface area contributed by atoms with Crippen molar-refractivity contribution >= 4 is 15.9 Å². The number of sulfonamides is 1. The average Bonchev–Trinajstić information content (AvgIpc) is 2.81. The van der Waals surface area contributed by atoms with Crippen LogP contribution in [0.25, 0.3) is 0 Å². The van der Waals surface area contributed by atoms with Crippen LogP contribution >= 0.6 is 0 Å². The first kappa shape index (κ1) is 23.8. The average molecular weight is 471 g/mol. The molecular formula is C26H34N2O4S. The third-order valence-corrected chi connectivity index (χ3v) is 8.15. The number of carbonyl (C=O) groups is 1. The zero-order valence-corrected chi connectivity index (χ0v) is 20.4. The molecule has 7 heteroatoms. The highest BCUT2D eigenvalue weighted by molar-refractivity contribution is 7.89. The molecule has 1 heterocycles. The predicted octanol–water partition coefficient (Wildman–Crippen LogP) is 3.92. The third kappa shape index (κ3) is 5.95. The monoisotopic (exact) mass is 470 g/mol. The Bertz CT molecular complexity index is 1110. The maximum atomic E-state index is 12.7. The molecule has 0 bridgehead atoms. The van der Waals surface area contributed by atoms with Crippen molar-refractivity contribution in [3.05, 3.63) is 58.7 Å². The first-order valence-corrected chi connectivity index (χ1v) is 13.4. The van der Waals surface area contributed by atoms with E-state index in [0.717, 1.165) is 55.4 Å². The Morgan fingerprint density at radius 3 is 2.52 bits per heavy atom. The van der Waals surface area contributed by atoms with Gasteiger partial charge < -0.3 is 9.64 Å². The summed E-state index contributed by atoms with van der Waals surface area (Å²) in [6.07, 6.45) is 6.02. The van der Waals surface area contributed by atoms with E-state index in [-0.39, 0.29) is 25.0 Å².